The number of hydrogen-bond acceptors (Lipinski definition) is 4. The molecule has 13 heavy (non-hydrogen) atoms. The number of carboxylic acid groups (broad SMARTS) is 3. The van der Waals surface area contributed by atoms with E-state index in [4.69, 9.17) is 20.4 Å². The Morgan fingerprint density at radius 1 is 0.923 bits per heavy atom. The number of hydrogen-bond donors (Lipinski definition) is 4. The SMILES string of the molecule is O=C(O)C(O)CC(C(=O)O)C(=O)O. The lowest BCUT2D eigenvalue weighted by atomic mass is 10.0. The lowest BCUT2D eigenvalue weighted by Crippen LogP contribution is -2.31. The molecule has 0 aliphatic heterocycles. The van der Waals surface area contributed by atoms with E-state index in [1.165, 1.54) is 0 Å². The summed E-state index contributed by atoms with van der Waals surface area (Å²) >= 11 is 0. The van der Waals surface area contributed by atoms with Crippen LogP contribution in [-0.4, -0.2) is 44.4 Å². The Labute approximate surface area is 72.2 Å². The zero-order valence-electron chi connectivity index (χ0n) is 6.38. The van der Waals surface area contributed by atoms with E-state index >= 15 is 0 Å². The molecule has 74 valence electrons. The zero-order valence-corrected chi connectivity index (χ0v) is 6.38. The topological polar surface area (TPSA) is 132 Å². The van der Waals surface area contributed by atoms with Crippen LogP contribution in [0.15, 0.2) is 0 Å². The van der Waals surface area contributed by atoms with Gasteiger partial charge < -0.3 is 20.4 Å². The number of aliphatic carboxylic acids is 3. The van der Waals surface area contributed by atoms with Crippen molar-refractivity contribution in [3.63, 3.8) is 0 Å². The highest BCUT2D eigenvalue weighted by Crippen LogP contribution is 2.07. The van der Waals surface area contributed by atoms with Gasteiger partial charge >= 0.3 is 17.9 Å². The molecule has 0 amide bonds. The molecule has 1 atom stereocenters. The lowest BCUT2D eigenvalue weighted by molar-refractivity contribution is -0.158. The predicted molar refractivity (Wildman–Crippen MR) is 37.0 cm³/mol. The second kappa shape index (κ2) is 4.41. The molecule has 0 bridgehead atoms. The molecule has 0 spiro atoms. The highest BCUT2D eigenvalue weighted by atomic mass is 16.4. The van der Waals surface area contributed by atoms with E-state index in [-0.39, 0.29) is 0 Å². The number of rotatable bonds is 5. The average Bonchev–Trinajstić information content (AvgIpc) is 1.97. The number of carboxylic acids is 3. The smallest absolute Gasteiger partial charge is 0.332 e. The second-order valence-electron chi connectivity index (χ2n) is 2.32. The van der Waals surface area contributed by atoms with Crippen LogP contribution < -0.4 is 0 Å². The molecule has 0 radical (unpaired) electrons. The van der Waals surface area contributed by atoms with Gasteiger partial charge in [0.05, 0.1) is 0 Å². The fourth-order valence-electron chi connectivity index (χ4n) is 0.631. The van der Waals surface area contributed by atoms with Crippen molar-refractivity contribution in [2.45, 2.75) is 12.5 Å². The van der Waals surface area contributed by atoms with Crippen LogP contribution in [-0.2, 0) is 14.4 Å². The van der Waals surface area contributed by atoms with Gasteiger partial charge in [-0.05, 0) is 0 Å². The number of carbonyl (C=O) groups is 3. The monoisotopic (exact) mass is 192 g/mol. The minimum Gasteiger partial charge on any atom is -0.481 e. The summed E-state index contributed by atoms with van der Waals surface area (Å²) < 4.78 is 0. The second-order valence-corrected chi connectivity index (χ2v) is 2.32. The van der Waals surface area contributed by atoms with Crippen LogP contribution in [0, 0.1) is 5.92 Å². The fraction of sp³-hybridized carbons (Fsp3) is 0.500. The van der Waals surface area contributed by atoms with Gasteiger partial charge in [0.15, 0.2) is 12.0 Å². The summed E-state index contributed by atoms with van der Waals surface area (Å²) in [6.07, 6.45) is -2.82. The van der Waals surface area contributed by atoms with E-state index in [0.717, 1.165) is 0 Å². The van der Waals surface area contributed by atoms with Gasteiger partial charge in [0.25, 0.3) is 0 Å². The first-order valence-electron chi connectivity index (χ1n) is 3.22. The summed E-state index contributed by atoms with van der Waals surface area (Å²) in [6, 6.07) is 0. The first-order chi connectivity index (χ1) is 5.86. The van der Waals surface area contributed by atoms with Gasteiger partial charge in [0.2, 0.25) is 0 Å². The largest absolute Gasteiger partial charge is 0.481 e. The first kappa shape index (κ1) is 11.4. The van der Waals surface area contributed by atoms with Crippen LogP contribution in [0.25, 0.3) is 0 Å². The summed E-state index contributed by atoms with van der Waals surface area (Å²) in [5.74, 6) is -6.89. The minimum atomic E-state index is -1.97. The molecule has 7 nitrogen and oxygen atoms in total. The Morgan fingerprint density at radius 3 is 1.54 bits per heavy atom. The molecule has 0 aliphatic carbocycles. The molecule has 7 heteroatoms. The van der Waals surface area contributed by atoms with Crippen molar-refractivity contribution < 1.29 is 34.8 Å². The molecular formula is C6H8O7. The van der Waals surface area contributed by atoms with Gasteiger partial charge in [-0.25, -0.2) is 4.79 Å². The van der Waals surface area contributed by atoms with Gasteiger partial charge in [-0.15, -0.1) is 0 Å². The van der Waals surface area contributed by atoms with Crippen molar-refractivity contribution in [3.8, 4) is 0 Å². The molecule has 0 rings (SSSR count). The normalized spacial score (nSPS) is 12.5. The van der Waals surface area contributed by atoms with E-state index in [1.807, 2.05) is 0 Å². The van der Waals surface area contributed by atoms with Crippen LogP contribution in [0.2, 0.25) is 0 Å². The van der Waals surface area contributed by atoms with Crippen LogP contribution in [0.4, 0.5) is 0 Å². The van der Waals surface area contributed by atoms with Crippen molar-refractivity contribution in [1.82, 2.24) is 0 Å². The molecule has 0 aliphatic rings. The van der Waals surface area contributed by atoms with Crippen molar-refractivity contribution in [2.75, 3.05) is 0 Å². The number of aliphatic hydroxyl groups excluding tert-OH is 1. The quantitative estimate of drug-likeness (QED) is 0.394. The lowest BCUT2D eigenvalue weighted by Gasteiger charge is -2.09. The Hall–Kier alpha value is -1.63. The Balaban J connectivity index is 4.35. The molecular weight excluding hydrogens is 184 g/mol. The van der Waals surface area contributed by atoms with E-state index in [9.17, 15) is 14.4 Å². The van der Waals surface area contributed by atoms with Crippen molar-refractivity contribution >= 4 is 17.9 Å². The van der Waals surface area contributed by atoms with Crippen LogP contribution >= 0.6 is 0 Å². The van der Waals surface area contributed by atoms with Gasteiger partial charge in [0.1, 0.15) is 0 Å². The molecule has 0 saturated heterocycles. The van der Waals surface area contributed by atoms with Crippen molar-refractivity contribution in [1.29, 1.82) is 0 Å². The van der Waals surface area contributed by atoms with Crippen LogP contribution in [0.3, 0.4) is 0 Å². The molecule has 0 aromatic rings. The molecule has 0 aromatic heterocycles. The molecule has 0 aromatic carbocycles. The number of aliphatic hydroxyl groups is 1. The van der Waals surface area contributed by atoms with Crippen molar-refractivity contribution in [2.24, 2.45) is 5.92 Å². The first-order valence-corrected chi connectivity index (χ1v) is 3.22. The van der Waals surface area contributed by atoms with E-state index in [1.54, 1.807) is 0 Å². The third kappa shape index (κ3) is 3.52. The van der Waals surface area contributed by atoms with Crippen LogP contribution in [0.5, 0.6) is 0 Å². The summed E-state index contributed by atoms with van der Waals surface area (Å²) in [5.41, 5.74) is 0. The Kier molecular flexibility index (Phi) is 3.86. The summed E-state index contributed by atoms with van der Waals surface area (Å²) in [4.78, 5) is 30.5. The predicted octanol–water partition coefficient (Wildman–Crippen LogP) is -1.39. The molecule has 0 saturated carbocycles. The summed E-state index contributed by atoms with van der Waals surface area (Å²) in [7, 11) is 0. The Bertz CT molecular complexity index is 219. The van der Waals surface area contributed by atoms with Crippen LogP contribution in [0.1, 0.15) is 6.42 Å². The van der Waals surface area contributed by atoms with Gasteiger partial charge in [0, 0.05) is 6.42 Å². The van der Waals surface area contributed by atoms with Gasteiger partial charge in [-0.1, -0.05) is 0 Å². The van der Waals surface area contributed by atoms with E-state index < -0.39 is 36.4 Å². The van der Waals surface area contributed by atoms with E-state index in [0.29, 0.717) is 0 Å². The highest BCUT2D eigenvalue weighted by Gasteiger charge is 2.31. The maximum Gasteiger partial charge on any atom is 0.332 e. The minimum absolute atomic E-state index is 0.847. The summed E-state index contributed by atoms with van der Waals surface area (Å²) in [6.45, 7) is 0. The van der Waals surface area contributed by atoms with Gasteiger partial charge in [-0.3, -0.25) is 9.59 Å². The third-order valence-electron chi connectivity index (χ3n) is 1.34. The van der Waals surface area contributed by atoms with E-state index in [2.05, 4.69) is 0 Å². The third-order valence-corrected chi connectivity index (χ3v) is 1.34. The maximum atomic E-state index is 10.2. The Morgan fingerprint density at radius 2 is 1.31 bits per heavy atom. The summed E-state index contributed by atoms with van der Waals surface area (Å²) in [5, 5.41) is 33.4. The fourth-order valence-corrected chi connectivity index (χ4v) is 0.631. The van der Waals surface area contributed by atoms with Gasteiger partial charge in [-0.2, -0.15) is 0 Å². The standard InChI is InChI=1S/C6H8O7/c7-3(6(12)13)1-2(4(8)9)5(10)11/h2-3,7H,1H2,(H,8,9)(H,10,11)(H,12,13). The molecule has 0 heterocycles. The highest BCUT2D eigenvalue weighted by molar-refractivity contribution is 5.93. The molecule has 0 fully saturated rings. The molecule has 4 N–H and O–H groups in total. The zero-order chi connectivity index (χ0) is 10.6. The maximum absolute atomic E-state index is 10.2. The average molecular weight is 192 g/mol. The van der Waals surface area contributed by atoms with Crippen molar-refractivity contribution in [3.05, 3.63) is 0 Å². The molecule has 1 unspecified atom stereocenters.